The number of nitrogens with zero attached hydrogens (tertiary/aromatic N) is 1. The Kier molecular flexibility index (Phi) is 2.44. The van der Waals surface area contributed by atoms with Crippen molar-refractivity contribution in [2.75, 3.05) is 7.11 Å². The van der Waals surface area contributed by atoms with Gasteiger partial charge in [0.05, 0.1) is 12.8 Å². The molecule has 0 bridgehead atoms. The fourth-order valence-corrected chi connectivity index (χ4v) is 2.39. The predicted octanol–water partition coefficient (Wildman–Crippen LogP) is 2.79. The summed E-state index contributed by atoms with van der Waals surface area (Å²) in [5.74, 6) is 1.61. The molecule has 2 aromatic rings. The average Bonchev–Trinajstić information content (AvgIpc) is 2.69. The van der Waals surface area contributed by atoms with Crippen molar-refractivity contribution in [1.29, 1.82) is 0 Å². The van der Waals surface area contributed by atoms with Crippen LogP contribution in [0, 0.1) is 6.92 Å². The van der Waals surface area contributed by atoms with Gasteiger partial charge in [-0.25, -0.2) is 0 Å². The number of benzene rings is 1. The lowest BCUT2D eigenvalue weighted by atomic mass is 9.98. The second-order valence-corrected chi connectivity index (χ2v) is 4.40. The van der Waals surface area contributed by atoms with E-state index in [0.29, 0.717) is 24.2 Å². The van der Waals surface area contributed by atoms with Crippen molar-refractivity contribution in [3.8, 4) is 16.9 Å². The molecule has 0 atom stereocenters. The van der Waals surface area contributed by atoms with Crippen LogP contribution in [0.5, 0.6) is 5.75 Å². The summed E-state index contributed by atoms with van der Waals surface area (Å²) < 4.78 is 10.5. The maximum absolute atomic E-state index is 12.1. The predicted molar refractivity (Wildman–Crippen MR) is 65.9 cm³/mol. The van der Waals surface area contributed by atoms with Crippen LogP contribution in [0.2, 0.25) is 0 Å². The summed E-state index contributed by atoms with van der Waals surface area (Å²) >= 11 is 0. The Morgan fingerprint density at radius 2 is 2.11 bits per heavy atom. The lowest BCUT2D eigenvalue weighted by Crippen LogP contribution is -2.00. The van der Waals surface area contributed by atoms with Gasteiger partial charge in [0.25, 0.3) is 0 Å². The van der Waals surface area contributed by atoms with E-state index in [1.165, 1.54) is 0 Å². The lowest BCUT2D eigenvalue weighted by molar-refractivity contribution is 0.0982. The number of ether oxygens (including phenoxy) is 1. The minimum Gasteiger partial charge on any atom is -0.497 e. The number of rotatable bonds is 1. The minimum absolute atomic E-state index is 0.120. The molecule has 1 heterocycles. The number of aryl methyl sites for hydroxylation is 2. The number of methoxy groups -OCH3 is 1. The van der Waals surface area contributed by atoms with Crippen molar-refractivity contribution in [2.45, 2.75) is 19.8 Å². The molecule has 18 heavy (non-hydrogen) atoms. The second kappa shape index (κ2) is 3.98. The molecular formula is C14H13NO3. The molecule has 1 aromatic heterocycles. The Morgan fingerprint density at radius 3 is 2.89 bits per heavy atom. The third kappa shape index (κ3) is 1.53. The summed E-state index contributed by atoms with van der Waals surface area (Å²) in [4.78, 5) is 12.1. The molecule has 0 saturated carbocycles. The van der Waals surface area contributed by atoms with Gasteiger partial charge in [0.2, 0.25) is 0 Å². The van der Waals surface area contributed by atoms with Gasteiger partial charge in [0.15, 0.2) is 5.78 Å². The van der Waals surface area contributed by atoms with Gasteiger partial charge in [-0.05, 0) is 30.7 Å². The Bertz CT molecular complexity index is 628. The number of hydrogen-bond donors (Lipinski definition) is 0. The Balaban J connectivity index is 2.28. The molecule has 0 spiro atoms. The van der Waals surface area contributed by atoms with E-state index in [4.69, 9.17) is 9.26 Å². The van der Waals surface area contributed by atoms with Crippen LogP contribution in [0.1, 0.15) is 28.2 Å². The molecule has 1 aliphatic rings. The molecule has 0 unspecified atom stereocenters. The van der Waals surface area contributed by atoms with Crippen molar-refractivity contribution in [2.24, 2.45) is 0 Å². The highest BCUT2D eigenvalue weighted by atomic mass is 16.5. The fraction of sp³-hybridized carbons (Fsp3) is 0.286. The quantitative estimate of drug-likeness (QED) is 0.772. The SMILES string of the molecule is COc1ccc2c(c1)C(=O)CCc1onc(C)c1-2. The molecule has 92 valence electrons. The number of fused-ring (bicyclic) bond motifs is 3. The number of carbonyl (C=O) groups is 1. The zero-order chi connectivity index (χ0) is 12.7. The molecule has 0 radical (unpaired) electrons. The minimum atomic E-state index is 0.120. The first kappa shape index (κ1) is 11.0. The van der Waals surface area contributed by atoms with Crippen LogP contribution in [0.15, 0.2) is 22.7 Å². The van der Waals surface area contributed by atoms with Gasteiger partial charge in [-0.1, -0.05) is 5.16 Å². The van der Waals surface area contributed by atoms with Crippen molar-refractivity contribution < 1.29 is 14.1 Å². The largest absolute Gasteiger partial charge is 0.497 e. The molecular weight excluding hydrogens is 230 g/mol. The third-order valence-electron chi connectivity index (χ3n) is 3.31. The van der Waals surface area contributed by atoms with Gasteiger partial charge in [-0.3, -0.25) is 4.79 Å². The Labute approximate surface area is 105 Å². The molecule has 0 amide bonds. The summed E-state index contributed by atoms with van der Waals surface area (Å²) in [7, 11) is 1.60. The van der Waals surface area contributed by atoms with Gasteiger partial charge in [0.1, 0.15) is 11.5 Å². The lowest BCUT2D eigenvalue weighted by Gasteiger charge is -2.07. The maximum atomic E-state index is 12.1. The van der Waals surface area contributed by atoms with E-state index in [2.05, 4.69) is 5.16 Å². The van der Waals surface area contributed by atoms with Gasteiger partial charge >= 0.3 is 0 Å². The highest BCUT2D eigenvalue weighted by molar-refractivity contribution is 6.04. The summed E-state index contributed by atoms with van der Waals surface area (Å²) in [6.07, 6.45) is 1.05. The number of Topliss-reactive ketones (excluding diaryl/α,β-unsaturated/α-hetero) is 1. The van der Waals surface area contributed by atoms with Crippen molar-refractivity contribution in [3.63, 3.8) is 0 Å². The number of ketones is 1. The van der Waals surface area contributed by atoms with E-state index in [0.717, 1.165) is 22.6 Å². The summed E-state index contributed by atoms with van der Waals surface area (Å²) in [6, 6.07) is 5.55. The van der Waals surface area contributed by atoms with E-state index in [1.807, 2.05) is 19.1 Å². The van der Waals surface area contributed by atoms with Crippen molar-refractivity contribution in [3.05, 3.63) is 35.2 Å². The van der Waals surface area contributed by atoms with E-state index < -0.39 is 0 Å². The molecule has 4 nitrogen and oxygen atoms in total. The van der Waals surface area contributed by atoms with Gasteiger partial charge < -0.3 is 9.26 Å². The first-order valence-corrected chi connectivity index (χ1v) is 5.87. The van der Waals surface area contributed by atoms with Crippen LogP contribution in [0.3, 0.4) is 0 Å². The van der Waals surface area contributed by atoms with Crippen LogP contribution in [0.25, 0.3) is 11.1 Å². The van der Waals surface area contributed by atoms with Crippen molar-refractivity contribution in [1.82, 2.24) is 5.16 Å². The average molecular weight is 243 g/mol. The van der Waals surface area contributed by atoms with Crippen LogP contribution in [-0.2, 0) is 6.42 Å². The zero-order valence-electron chi connectivity index (χ0n) is 10.3. The van der Waals surface area contributed by atoms with E-state index >= 15 is 0 Å². The van der Waals surface area contributed by atoms with E-state index in [1.54, 1.807) is 13.2 Å². The van der Waals surface area contributed by atoms with E-state index in [9.17, 15) is 4.79 Å². The summed E-state index contributed by atoms with van der Waals surface area (Å²) in [5.41, 5.74) is 3.37. The molecule has 0 aliphatic heterocycles. The van der Waals surface area contributed by atoms with Gasteiger partial charge in [-0.15, -0.1) is 0 Å². The van der Waals surface area contributed by atoms with Crippen LogP contribution in [-0.4, -0.2) is 18.0 Å². The summed E-state index contributed by atoms with van der Waals surface area (Å²) in [5, 5.41) is 3.99. The highest BCUT2D eigenvalue weighted by Crippen LogP contribution is 2.36. The number of carbonyl (C=O) groups excluding carboxylic acids is 1. The Morgan fingerprint density at radius 1 is 1.28 bits per heavy atom. The zero-order valence-corrected chi connectivity index (χ0v) is 10.3. The highest BCUT2D eigenvalue weighted by Gasteiger charge is 2.25. The molecule has 0 fully saturated rings. The molecule has 3 rings (SSSR count). The molecule has 0 N–H and O–H groups in total. The van der Waals surface area contributed by atoms with Crippen LogP contribution in [0.4, 0.5) is 0 Å². The molecule has 4 heteroatoms. The maximum Gasteiger partial charge on any atom is 0.164 e. The topological polar surface area (TPSA) is 52.3 Å². The number of aromatic nitrogens is 1. The van der Waals surface area contributed by atoms with Gasteiger partial charge in [0, 0.05) is 24.0 Å². The monoisotopic (exact) mass is 243 g/mol. The van der Waals surface area contributed by atoms with E-state index in [-0.39, 0.29) is 5.78 Å². The molecule has 0 saturated heterocycles. The number of hydrogen-bond acceptors (Lipinski definition) is 4. The van der Waals surface area contributed by atoms with Crippen LogP contribution < -0.4 is 4.74 Å². The second-order valence-electron chi connectivity index (χ2n) is 4.40. The fourth-order valence-electron chi connectivity index (χ4n) is 2.39. The first-order chi connectivity index (χ1) is 8.70. The normalized spacial score (nSPS) is 13.8. The van der Waals surface area contributed by atoms with Gasteiger partial charge in [-0.2, -0.15) is 0 Å². The summed E-state index contributed by atoms with van der Waals surface area (Å²) in [6.45, 7) is 1.89. The Hall–Kier alpha value is -2.10. The third-order valence-corrected chi connectivity index (χ3v) is 3.31. The van der Waals surface area contributed by atoms with Crippen molar-refractivity contribution >= 4 is 5.78 Å². The first-order valence-electron chi connectivity index (χ1n) is 5.87. The van der Waals surface area contributed by atoms with Crippen LogP contribution >= 0.6 is 0 Å². The molecule has 1 aliphatic carbocycles. The standard InChI is InChI=1S/C14H13NO3/c1-8-14-10-4-3-9(17-2)7-11(10)12(16)5-6-13(14)18-15-8/h3-4,7H,5-6H2,1-2H3. The smallest absolute Gasteiger partial charge is 0.164 e. The molecule has 1 aromatic carbocycles.